The summed E-state index contributed by atoms with van der Waals surface area (Å²) < 4.78 is 31.5. The van der Waals surface area contributed by atoms with E-state index in [1.807, 2.05) is 0 Å². The van der Waals surface area contributed by atoms with Gasteiger partial charge in [-0.25, -0.2) is 0 Å². The molecule has 0 bridgehead atoms. The number of unbranched alkanes of at least 4 members (excludes halogenated alkanes) is 2. The van der Waals surface area contributed by atoms with E-state index in [4.69, 9.17) is 4.18 Å². The van der Waals surface area contributed by atoms with Crippen molar-refractivity contribution < 1.29 is 17.7 Å². The second-order valence-electron chi connectivity index (χ2n) is 14.2. The summed E-state index contributed by atoms with van der Waals surface area (Å²) in [7, 11) is -3.51. The van der Waals surface area contributed by atoms with Crippen molar-refractivity contribution in [3.8, 4) is 0 Å². The first-order valence-corrected chi connectivity index (χ1v) is 17.3. The van der Waals surface area contributed by atoms with E-state index in [0.29, 0.717) is 36.7 Å². The monoisotopic (exact) mass is 536 g/mol. The number of aliphatic hydroxyl groups is 1. The Kier molecular flexibility index (Phi) is 9.60. The van der Waals surface area contributed by atoms with Crippen molar-refractivity contribution in [1.82, 2.24) is 0 Å². The Balaban J connectivity index is 1.52. The van der Waals surface area contributed by atoms with Crippen molar-refractivity contribution in [3.63, 3.8) is 0 Å². The fourth-order valence-electron chi connectivity index (χ4n) is 9.51. The third kappa shape index (κ3) is 6.19. The van der Waals surface area contributed by atoms with Crippen molar-refractivity contribution in [3.05, 3.63) is 11.6 Å². The normalized spacial score (nSPS) is 38.6. The molecule has 4 rings (SSSR count). The zero-order valence-corrected chi connectivity index (χ0v) is 25.3. The van der Waals surface area contributed by atoms with Gasteiger partial charge in [-0.2, -0.15) is 8.42 Å². The van der Waals surface area contributed by atoms with Gasteiger partial charge < -0.3 is 5.11 Å². The maximum absolute atomic E-state index is 12.8. The molecule has 0 aromatic carbocycles. The van der Waals surface area contributed by atoms with Gasteiger partial charge in [-0.1, -0.05) is 78.4 Å². The molecule has 3 fully saturated rings. The minimum atomic E-state index is -3.51. The summed E-state index contributed by atoms with van der Waals surface area (Å²) in [6.45, 7) is 12.2. The Bertz CT molecular complexity index is 894. The molecule has 5 heteroatoms. The van der Waals surface area contributed by atoms with Crippen LogP contribution in [0.5, 0.6) is 0 Å². The summed E-state index contributed by atoms with van der Waals surface area (Å²) in [6.07, 6.45) is 17.3. The van der Waals surface area contributed by atoms with E-state index >= 15 is 0 Å². The minimum Gasteiger partial charge on any atom is -0.393 e. The average Bonchev–Trinajstić information content (AvgIpc) is 3.20. The maximum Gasteiger partial charge on any atom is 0.267 e. The van der Waals surface area contributed by atoms with Gasteiger partial charge in [0.1, 0.15) is 0 Å². The number of allylic oxidation sites excluding steroid dienone is 1. The summed E-state index contributed by atoms with van der Waals surface area (Å²) in [4.78, 5) is 0. The molecule has 8 atom stereocenters. The Morgan fingerprint density at radius 2 is 1.81 bits per heavy atom. The first kappa shape index (κ1) is 29.6. The first-order valence-electron chi connectivity index (χ1n) is 15.8. The van der Waals surface area contributed by atoms with E-state index in [1.54, 1.807) is 0 Å². The van der Waals surface area contributed by atoms with Crippen molar-refractivity contribution in [2.45, 2.75) is 131 Å². The zero-order chi connectivity index (χ0) is 26.8. The quantitative estimate of drug-likeness (QED) is 0.156. The van der Waals surface area contributed by atoms with Crippen LogP contribution in [0.25, 0.3) is 0 Å². The van der Waals surface area contributed by atoms with Gasteiger partial charge in [-0.15, -0.1) is 0 Å². The molecule has 0 saturated heterocycles. The van der Waals surface area contributed by atoms with Crippen molar-refractivity contribution in [2.24, 2.45) is 46.3 Å². The topological polar surface area (TPSA) is 63.6 Å². The van der Waals surface area contributed by atoms with Crippen molar-refractivity contribution in [1.29, 1.82) is 0 Å². The molecule has 37 heavy (non-hydrogen) atoms. The Hall–Kier alpha value is -0.390. The van der Waals surface area contributed by atoms with Crippen LogP contribution in [0.1, 0.15) is 125 Å². The molecule has 0 spiro atoms. The molecule has 4 nitrogen and oxygen atoms in total. The highest BCUT2D eigenvalue weighted by Crippen LogP contribution is 2.67. The molecule has 0 aromatic rings. The zero-order valence-electron chi connectivity index (χ0n) is 24.5. The smallest absolute Gasteiger partial charge is 0.267 e. The molecular formula is C32H56O4S. The van der Waals surface area contributed by atoms with Gasteiger partial charge in [0.15, 0.2) is 0 Å². The highest BCUT2D eigenvalue weighted by atomic mass is 32.2. The van der Waals surface area contributed by atoms with E-state index in [1.165, 1.54) is 50.5 Å². The highest BCUT2D eigenvalue weighted by Gasteiger charge is 2.60. The van der Waals surface area contributed by atoms with E-state index in [2.05, 4.69) is 40.7 Å². The molecule has 4 aliphatic carbocycles. The second-order valence-corrected chi connectivity index (χ2v) is 15.9. The highest BCUT2D eigenvalue weighted by molar-refractivity contribution is 7.86. The van der Waals surface area contributed by atoms with E-state index in [-0.39, 0.29) is 17.3 Å². The molecule has 214 valence electrons. The van der Waals surface area contributed by atoms with Crippen LogP contribution in [0, 0.1) is 46.3 Å². The van der Waals surface area contributed by atoms with Gasteiger partial charge in [-0.3, -0.25) is 4.18 Å². The molecule has 0 unspecified atom stereocenters. The van der Waals surface area contributed by atoms with Crippen LogP contribution in [0.2, 0.25) is 0 Å². The molecule has 1 N–H and O–H groups in total. The Morgan fingerprint density at radius 3 is 2.54 bits per heavy atom. The van der Waals surface area contributed by atoms with Crippen LogP contribution < -0.4 is 0 Å². The third-order valence-electron chi connectivity index (χ3n) is 11.5. The standard InChI is InChI=1S/C32H56O4S/c1-6-7-8-20-37(34,35)36-22-32-19-16-26(33)21-25(32)12-13-27-29-15-14-28(24(4)11-9-10-23(2)3)31(29,5)18-17-30(27)32/h12,23-24,26-30,33H,6-11,13-22H2,1-5H3/t24-,26+,27+,28-,29+,30+,31-,32-/m1/s1. The molecule has 3 saturated carbocycles. The van der Waals surface area contributed by atoms with E-state index in [0.717, 1.165) is 55.8 Å². The van der Waals surface area contributed by atoms with Gasteiger partial charge in [0.05, 0.1) is 18.5 Å². The third-order valence-corrected chi connectivity index (χ3v) is 12.8. The lowest BCUT2D eigenvalue weighted by Crippen LogP contribution is -2.53. The first-order chi connectivity index (χ1) is 17.5. The van der Waals surface area contributed by atoms with Gasteiger partial charge in [0.25, 0.3) is 10.1 Å². The molecule has 0 heterocycles. The summed E-state index contributed by atoms with van der Waals surface area (Å²) >= 11 is 0. The van der Waals surface area contributed by atoms with Crippen molar-refractivity contribution in [2.75, 3.05) is 12.4 Å². The average molecular weight is 537 g/mol. The lowest BCUT2D eigenvalue weighted by Gasteiger charge is -2.59. The molecule has 0 aromatic heterocycles. The lowest BCUT2D eigenvalue weighted by atomic mass is 9.46. The molecule has 0 radical (unpaired) electrons. The number of rotatable bonds is 12. The summed E-state index contributed by atoms with van der Waals surface area (Å²) in [5.41, 5.74) is 1.51. The predicted molar refractivity (Wildman–Crippen MR) is 153 cm³/mol. The largest absolute Gasteiger partial charge is 0.393 e. The molecule has 0 aliphatic heterocycles. The second kappa shape index (κ2) is 12.0. The molecule has 4 aliphatic rings. The fourth-order valence-corrected chi connectivity index (χ4v) is 10.6. The number of fused-ring (bicyclic) bond motifs is 5. The van der Waals surface area contributed by atoms with Crippen molar-refractivity contribution >= 4 is 10.1 Å². The van der Waals surface area contributed by atoms with Crippen LogP contribution in [-0.4, -0.2) is 32.0 Å². The maximum atomic E-state index is 12.8. The number of hydrogen-bond acceptors (Lipinski definition) is 4. The SMILES string of the molecule is CCCCCS(=O)(=O)OC[C@]12CC[C@H](O)CC1=CC[C@@H]1[C@@H]2CC[C@]2(C)[C@@H]([C@H](C)CCCC(C)C)CC[C@@H]12. The van der Waals surface area contributed by atoms with Crippen LogP contribution >= 0.6 is 0 Å². The van der Waals surface area contributed by atoms with Gasteiger partial charge in [0, 0.05) is 5.41 Å². The van der Waals surface area contributed by atoms with E-state index in [9.17, 15) is 13.5 Å². The van der Waals surface area contributed by atoms with Crippen LogP contribution in [0.4, 0.5) is 0 Å². The molecular weight excluding hydrogens is 480 g/mol. The van der Waals surface area contributed by atoms with Gasteiger partial charge in [0.2, 0.25) is 0 Å². The molecule has 0 amide bonds. The predicted octanol–water partition coefficient (Wildman–Crippen LogP) is 7.91. The van der Waals surface area contributed by atoms with Crippen LogP contribution in [0.15, 0.2) is 11.6 Å². The summed E-state index contributed by atoms with van der Waals surface area (Å²) in [5, 5.41) is 10.5. The van der Waals surface area contributed by atoms with Gasteiger partial charge in [-0.05, 0) is 98.7 Å². The lowest BCUT2D eigenvalue weighted by molar-refractivity contribution is -0.0755. The van der Waals surface area contributed by atoms with Crippen LogP contribution in [0.3, 0.4) is 0 Å². The Morgan fingerprint density at radius 1 is 1.03 bits per heavy atom. The summed E-state index contributed by atoms with van der Waals surface area (Å²) in [6, 6.07) is 0. The number of aliphatic hydroxyl groups excluding tert-OH is 1. The van der Waals surface area contributed by atoms with Crippen LogP contribution in [-0.2, 0) is 14.3 Å². The number of hydrogen-bond donors (Lipinski definition) is 1. The Labute approximate surface area is 228 Å². The fraction of sp³-hybridized carbons (Fsp3) is 0.938. The minimum absolute atomic E-state index is 0.129. The van der Waals surface area contributed by atoms with E-state index < -0.39 is 10.1 Å². The summed E-state index contributed by atoms with van der Waals surface area (Å²) in [5.74, 6) is 4.36. The van der Waals surface area contributed by atoms with Gasteiger partial charge >= 0.3 is 0 Å².